The predicted molar refractivity (Wildman–Crippen MR) is 145 cm³/mol. The molecule has 1 heterocycles. The number of benzene rings is 3. The van der Waals surface area contributed by atoms with Gasteiger partial charge >= 0.3 is 12.1 Å². The van der Waals surface area contributed by atoms with Crippen LogP contribution in [0.3, 0.4) is 0 Å². The molecule has 0 saturated carbocycles. The quantitative estimate of drug-likeness (QED) is 0.362. The van der Waals surface area contributed by atoms with Gasteiger partial charge in [0, 0.05) is 6.42 Å². The fourth-order valence-electron chi connectivity index (χ4n) is 4.75. The van der Waals surface area contributed by atoms with Crippen LogP contribution in [0, 0.1) is 5.92 Å². The minimum Gasteiger partial charge on any atom is -0.460 e. The Hall–Kier alpha value is -3.60. The average molecular weight is 500 g/mol. The van der Waals surface area contributed by atoms with E-state index in [0.29, 0.717) is 19.3 Å². The van der Waals surface area contributed by atoms with Crippen molar-refractivity contribution in [1.29, 1.82) is 0 Å². The van der Waals surface area contributed by atoms with Crippen molar-refractivity contribution >= 4 is 12.1 Å². The van der Waals surface area contributed by atoms with E-state index in [1.54, 1.807) is 0 Å². The molecule has 194 valence electrons. The second-order valence-corrected chi connectivity index (χ2v) is 10.9. The molecule has 1 aliphatic heterocycles. The van der Waals surface area contributed by atoms with E-state index < -0.39 is 17.8 Å². The van der Waals surface area contributed by atoms with Gasteiger partial charge in [-0.1, -0.05) is 84.9 Å². The van der Waals surface area contributed by atoms with Crippen molar-refractivity contribution < 1.29 is 19.1 Å². The second-order valence-electron chi connectivity index (χ2n) is 10.9. The highest BCUT2D eigenvalue weighted by atomic mass is 16.6. The van der Waals surface area contributed by atoms with Crippen molar-refractivity contribution in [2.45, 2.75) is 70.6 Å². The van der Waals surface area contributed by atoms with Crippen LogP contribution in [0.25, 0.3) is 0 Å². The van der Waals surface area contributed by atoms with E-state index in [1.807, 2.05) is 57.2 Å². The summed E-state index contributed by atoms with van der Waals surface area (Å²) in [6, 6.07) is 28.5. The minimum atomic E-state index is -0.608. The van der Waals surface area contributed by atoms with Gasteiger partial charge in [0.15, 0.2) is 0 Å². The number of cyclic esters (lactones) is 1. The molecule has 4 rings (SSSR count). The lowest BCUT2D eigenvalue weighted by Crippen LogP contribution is -2.46. The summed E-state index contributed by atoms with van der Waals surface area (Å²) in [6.07, 6.45) is 2.82. The van der Waals surface area contributed by atoms with E-state index in [0.717, 1.165) is 24.0 Å². The molecule has 0 bridgehead atoms. The number of hydrogen-bond donors (Lipinski definition) is 1. The van der Waals surface area contributed by atoms with Crippen molar-refractivity contribution in [2.75, 3.05) is 0 Å². The lowest BCUT2D eigenvalue weighted by molar-refractivity contribution is -0.145. The summed E-state index contributed by atoms with van der Waals surface area (Å²) >= 11 is 0. The highest BCUT2D eigenvalue weighted by Crippen LogP contribution is 2.28. The largest absolute Gasteiger partial charge is 0.460 e. The van der Waals surface area contributed by atoms with Crippen molar-refractivity contribution in [2.24, 2.45) is 5.92 Å². The van der Waals surface area contributed by atoms with Crippen LogP contribution in [0.5, 0.6) is 0 Å². The maximum atomic E-state index is 12.8. The van der Waals surface area contributed by atoms with Crippen LogP contribution >= 0.6 is 0 Å². The monoisotopic (exact) mass is 499 g/mol. The molecule has 3 aromatic carbocycles. The molecule has 0 unspecified atom stereocenters. The average Bonchev–Trinajstić information content (AvgIpc) is 3.23. The molecule has 1 aliphatic rings. The van der Waals surface area contributed by atoms with Crippen molar-refractivity contribution in [3.63, 3.8) is 0 Å². The van der Waals surface area contributed by atoms with Gasteiger partial charge in [0.05, 0.1) is 12.0 Å². The van der Waals surface area contributed by atoms with Crippen molar-refractivity contribution in [3.05, 3.63) is 107 Å². The number of alkyl carbamates (subject to hydrolysis) is 1. The topological polar surface area (TPSA) is 64.6 Å². The molecule has 37 heavy (non-hydrogen) atoms. The summed E-state index contributed by atoms with van der Waals surface area (Å²) in [5.74, 6) is -0.443. The van der Waals surface area contributed by atoms with Gasteiger partial charge in [-0.2, -0.15) is 0 Å². The normalized spacial score (nSPS) is 18.2. The predicted octanol–water partition coefficient (Wildman–Crippen LogP) is 6.08. The molecule has 0 spiro atoms. The van der Waals surface area contributed by atoms with Crippen LogP contribution in [0.4, 0.5) is 4.79 Å². The van der Waals surface area contributed by atoms with E-state index in [1.165, 1.54) is 11.1 Å². The molecule has 0 radical (unpaired) electrons. The van der Waals surface area contributed by atoms with Crippen LogP contribution < -0.4 is 5.32 Å². The molecule has 5 nitrogen and oxygen atoms in total. The van der Waals surface area contributed by atoms with Crippen LogP contribution in [-0.2, 0) is 40.0 Å². The summed E-state index contributed by atoms with van der Waals surface area (Å²) < 4.78 is 11.3. The lowest BCUT2D eigenvalue weighted by atomic mass is 9.91. The summed E-state index contributed by atoms with van der Waals surface area (Å²) in [4.78, 5) is 25.4. The van der Waals surface area contributed by atoms with Gasteiger partial charge in [0.1, 0.15) is 11.7 Å². The van der Waals surface area contributed by atoms with Gasteiger partial charge in [-0.3, -0.25) is 4.79 Å². The summed E-state index contributed by atoms with van der Waals surface area (Å²) in [5, 5.41) is 2.97. The Morgan fingerprint density at radius 2 is 1.41 bits per heavy atom. The Morgan fingerprint density at radius 1 is 0.865 bits per heavy atom. The van der Waals surface area contributed by atoms with E-state index in [-0.39, 0.29) is 17.9 Å². The minimum absolute atomic E-state index is 0.206. The third-order valence-corrected chi connectivity index (χ3v) is 6.62. The number of esters is 1. The maximum Gasteiger partial charge on any atom is 0.408 e. The SMILES string of the molecule is CC(C)(C)OC(=O)N[C@@H](Cc1ccccc1)[C@@H]1C[C@@H](Cc2ccc(CCc3ccccc3)cc2)C(=O)O1. The number of carbonyl (C=O) groups is 2. The number of carbonyl (C=O) groups excluding carboxylic acids is 2. The number of rotatable bonds is 9. The molecule has 5 heteroatoms. The van der Waals surface area contributed by atoms with E-state index in [9.17, 15) is 9.59 Å². The lowest BCUT2D eigenvalue weighted by Gasteiger charge is -2.26. The molecule has 3 atom stereocenters. The maximum absolute atomic E-state index is 12.8. The van der Waals surface area contributed by atoms with E-state index in [2.05, 4.69) is 53.8 Å². The third-order valence-electron chi connectivity index (χ3n) is 6.62. The number of amides is 1. The molecule has 3 aromatic rings. The molecule has 0 aromatic heterocycles. The second kappa shape index (κ2) is 12.1. The van der Waals surface area contributed by atoms with Crippen LogP contribution in [0.15, 0.2) is 84.9 Å². The zero-order chi connectivity index (χ0) is 26.3. The fourth-order valence-corrected chi connectivity index (χ4v) is 4.75. The summed E-state index contributed by atoms with van der Waals surface area (Å²) in [7, 11) is 0. The van der Waals surface area contributed by atoms with Crippen LogP contribution in [0.2, 0.25) is 0 Å². The molecule has 0 aliphatic carbocycles. The molecular weight excluding hydrogens is 462 g/mol. The standard InChI is InChI=1S/C32H37NO4/c1-32(2,3)37-31(35)33-28(21-25-12-8-5-9-13-25)29-22-27(30(34)36-29)20-26-18-16-24(17-19-26)15-14-23-10-6-4-7-11-23/h4-13,16-19,27-29H,14-15,20-22H2,1-3H3,(H,33,35)/t27-,28+,29+/m1/s1. The highest BCUT2D eigenvalue weighted by molar-refractivity contribution is 5.75. The van der Waals surface area contributed by atoms with Gasteiger partial charge in [0.25, 0.3) is 0 Å². The summed E-state index contributed by atoms with van der Waals surface area (Å²) in [6.45, 7) is 5.49. The molecular formula is C32H37NO4. The fraction of sp³-hybridized carbons (Fsp3) is 0.375. The Labute approximate surface area is 220 Å². The number of ether oxygens (including phenoxy) is 2. The Bertz CT molecular complexity index is 1150. The van der Waals surface area contributed by atoms with E-state index >= 15 is 0 Å². The van der Waals surface area contributed by atoms with Gasteiger partial charge in [0.2, 0.25) is 0 Å². The van der Waals surface area contributed by atoms with Gasteiger partial charge < -0.3 is 14.8 Å². The van der Waals surface area contributed by atoms with Crippen LogP contribution in [0.1, 0.15) is 49.4 Å². The number of hydrogen-bond acceptors (Lipinski definition) is 4. The third kappa shape index (κ3) is 8.21. The Balaban J connectivity index is 1.37. The number of nitrogens with one attached hydrogen (secondary N) is 1. The van der Waals surface area contributed by atoms with Gasteiger partial charge in [-0.25, -0.2) is 4.79 Å². The zero-order valence-corrected chi connectivity index (χ0v) is 22.0. The van der Waals surface area contributed by atoms with E-state index in [4.69, 9.17) is 9.47 Å². The zero-order valence-electron chi connectivity index (χ0n) is 22.0. The Kier molecular flexibility index (Phi) is 8.65. The first-order chi connectivity index (χ1) is 17.7. The summed E-state index contributed by atoms with van der Waals surface area (Å²) in [5.41, 5.74) is 4.18. The first-order valence-electron chi connectivity index (χ1n) is 13.1. The first-order valence-corrected chi connectivity index (χ1v) is 13.1. The van der Waals surface area contributed by atoms with Gasteiger partial charge in [-0.05, 0) is 68.7 Å². The first kappa shape index (κ1) is 26.5. The van der Waals surface area contributed by atoms with Crippen molar-refractivity contribution in [3.8, 4) is 0 Å². The smallest absolute Gasteiger partial charge is 0.408 e. The molecule has 1 amide bonds. The Morgan fingerprint density at radius 3 is 2.00 bits per heavy atom. The van der Waals surface area contributed by atoms with Crippen molar-refractivity contribution in [1.82, 2.24) is 5.32 Å². The van der Waals surface area contributed by atoms with Crippen LogP contribution in [-0.4, -0.2) is 29.8 Å². The number of aryl methyl sites for hydroxylation is 2. The molecule has 1 N–H and O–H groups in total. The van der Waals surface area contributed by atoms with Gasteiger partial charge in [-0.15, -0.1) is 0 Å². The molecule has 1 saturated heterocycles. The molecule has 1 fully saturated rings. The highest BCUT2D eigenvalue weighted by Gasteiger charge is 2.40.